The average molecular weight is 163 g/mol. The lowest BCUT2D eigenvalue weighted by Crippen LogP contribution is -2.53. The molecule has 11 heavy (non-hydrogen) atoms. The van der Waals surface area contributed by atoms with Gasteiger partial charge in [0.1, 0.15) is 6.10 Å². The van der Waals surface area contributed by atoms with Crippen LogP contribution in [-0.4, -0.2) is 46.5 Å². The first kappa shape index (κ1) is 8.89. The third-order valence-electron chi connectivity index (χ3n) is 1.81. The zero-order chi connectivity index (χ0) is 8.43. The van der Waals surface area contributed by atoms with Crippen molar-refractivity contribution >= 4 is 0 Å². The number of rotatable bonds is 1. The first-order valence-corrected chi connectivity index (χ1v) is 3.53. The molecule has 1 aliphatic rings. The summed E-state index contributed by atoms with van der Waals surface area (Å²) < 4.78 is 4.79. The number of ether oxygens (including phenoxy) is 1. The van der Waals surface area contributed by atoms with Crippen molar-refractivity contribution in [1.82, 2.24) is 0 Å². The highest BCUT2D eigenvalue weighted by molar-refractivity contribution is 4.84. The largest absolute Gasteiger partial charge is 0.394 e. The van der Waals surface area contributed by atoms with Gasteiger partial charge < -0.3 is 25.8 Å². The molecule has 0 aromatic rings. The van der Waals surface area contributed by atoms with Crippen molar-refractivity contribution < 1.29 is 20.1 Å². The molecule has 66 valence electrons. The van der Waals surface area contributed by atoms with Gasteiger partial charge in [-0.2, -0.15) is 0 Å². The summed E-state index contributed by atoms with van der Waals surface area (Å²) in [4.78, 5) is 0. The maximum Gasteiger partial charge on any atom is 0.156 e. The summed E-state index contributed by atoms with van der Waals surface area (Å²) in [5.74, 6) is 0. The molecule has 4 unspecified atom stereocenters. The van der Waals surface area contributed by atoms with E-state index in [1.54, 1.807) is 0 Å². The van der Waals surface area contributed by atoms with Gasteiger partial charge in [0.05, 0.1) is 12.7 Å². The number of aliphatic hydroxyl groups is 3. The van der Waals surface area contributed by atoms with Crippen molar-refractivity contribution in [3.8, 4) is 0 Å². The third-order valence-corrected chi connectivity index (χ3v) is 1.81. The number of hydrogen-bond acceptors (Lipinski definition) is 5. The zero-order valence-electron chi connectivity index (χ0n) is 6.05. The van der Waals surface area contributed by atoms with Crippen LogP contribution in [-0.2, 0) is 4.74 Å². The van der Waals surface area contributed by atoms with Gasteiger partial charge >= 0.3 is 0 Å². The van der Waals surface area contributed by atoms with Crippen LogP contribution >= 0.6 is 0 Å². The number of aliphatic hydroxyl groups excluding tert-OH is 3. The van der Waals surface area contributed by atoms with Crippen LogP contribution in [0.5, 0.6) is 0 Å². The molecule has 0 spiro atoms. The molecule has 0 aromatic heterocycles. The molecule has 0 bridgehead atoms. The molecule has 5 N–H and O–H groups in total. The van der Waals surface area contributed by atoms with Crippen molar-refractivity contribution in [3.63, 3.8) is 0 Å². The predicted octanol–water partition coefficient (Wildman–Crippen LogP) is -2.23. The van der Waals surface area contributed by atoms with Crippen LogP contribution in [0.15, 0.2) is 0 Å². The van der Waals surface area contributed by atoms with E-state index < -0.39 is 24.5 Å². The van der Waals surface area contributed by atoms with Crippen LogP contribution < -0.4 is 5.73 Å². The fourth-order valence-electron chi connectivity index (χ4n) is 1.14. The van der Waals surface area contributed by atoms with Gasteiger partial charge in [0.15, 0.2) is 6.29 Å². The lowest BCUT2D eigenvalue weighted by Gasteiger charge is -2.34. The average Bonchev–Trinajstić information content (AvgIpc) is 1.96. The van der Waals surface area contributed by atoms with Crippen LogP contribution in [0.25, 0.3) is 0 Å². The molecule has 4 atom stereocenters. The minimum atomic E-state index is -0.967. The second-order valence-corrected chi connectivity index (χ2v) is 2.70. The first-order valence-electron chi connectivity index (χ1n) is 3.53. The summed E-state index contributed by atoms with van der Waals surface area (Å²) in [6, 6.07) is -0.518. The van der Waals surface area contributed by atoms with Gasteiger partial charge in [0.25, 0.3) is 0 Å². The molecule has 1 saturated heterocycles. The van der Waals surface area contributed by atoms with Crippen molar-refractivity contribution in [2.45, 2.75) is 31.0 Å². The quantitative estimate of drug-likeness (QED) is 0.351. The van der Waals surface area contributed by atoms with Gasteiger partial charge in [0, 0.05) is 12.5 Å². The Balaban J connectivity index is 2.51. The molecule has 0 radical (unpaired) electrons. The Bertz CT molecular complexity index is 132. The summed E-state index contributed by atoms with van der Waals surface area (Å²) in [6.45, 7) is -0.327. The second kappa shape index (κ2) is 3.46. The van der Waals surface area contributed by atoms with E-state index in [2.05, 4.69) is 0 Å². The first-order chi connectivity index (χ1) is 5.15. The molecular weight excluding hydrogens is 150 g/mol. The van der Waals surface area contributed by atoms with Crippen LogP contribution in [0.3, 0.4) is 0 Å². The van der Waals surface area contributed by atoms with E-state index in [0.29, 0.717) is 0 Å². The predicted molar refractivity (Wildman–Crippen MR) is 36.6 cm³/mol. The fraction of sp³-hybridized carbons (Fsp3) is 1.00. The molecule has 5 heteroatoms. The van der Waals surface area contributed by atoms with Crippen molar-refractivity contribution in [1.29, 1.82) is 0 Å². The topological polar surface area (TPSA) is 95.9 Å². The maximum absolute atomic E-state index is 9.23. The molecule has 1 fully saturated rings. The van der Waals surface area contributed by atoms with Gasteiger partial charge in [-0.15, -0.1) is 0 Å². The molecule has 0 aliphatic carbocycles. The van der Waals surface area contributed by atoms with E-state index in [1.807, 2.05) is 0 Å². The minimum absolute atomic E-state index is 0.206. The van der Waals surface area contributed by atoms with Crippen LogP contribution in [0, 0.1) is 0 Å². The Hall–Kier alpha value is -0.200. The van der Waals surface area contributed by atoms with E-state index in [9.17, 15) is 5.11 Å². The Labute approximate surface area is 64.4 Å². The van der Waals surface area contributed by atoms with Crippen molar-refractivity contribution in [3.05, 3.63) is 0 Å². The van der Waals surface area contributed by atoms with Crippen molar-refractivity contribution in [2.75, 3.05) is 6.61 Å². The van der Waals surface area contributed by atoms with E-state index in [1.165, 1.54) is 0 Å². The van der Waals surface area contributed by atoms with E-state index in [4.69, 9.17) is 20.7 Å². The lowest BCUT2D eigenvalue weighted by atomic mass is 10.0. The lowest BCUT2D eigenvalue weighted by molar-refractivity contribution is -0.213. The molecule has 5 nitrogen and oxygen atoms in total. The molecule has 0 saturated carbocycles. The monoisotopic (exact) mass is 163 g/mol. The molecule has 0 aromatic carbocycles. The van der Waals surface area contributed by atoms with Gasteiger partial charge in [0.2, 0.25) is 0 Å². The van der Waals surface area contributed by atoms with Gasteiger partial charge in [-0.05, 0) is 0 Å². The molecule has 1 heterocycles. The Morgan fingerprint density at radius 1 is 1.45 bits per heavy atom. The smallest absolute Gasteiger partial charge is 0.156 e. The molecule has 1 rings (SSSR count). The highest BCUT2D eigenvalue weighted by Gasteiger charge is 2.34. The van der Waals surface area contributed by atoms with Gasteiger partial charge in [-0.25, -0.2) is 0 Å². The fourth-order valence-corrected chi connectivity index (χ4v) is 1.14. The highest BCUT2D eigenvalue weighted by atomic mass is 16.6. The van der Waals surface area contributed by atoms with E-state index in [-0.39, 0.29) is 13.0 Å². The Morgan fingerprint density at radius 3 is 2.64 bits per heavy atom. The number of nitrogens with two attached hydrogens (primary N) is 1. The highest BCUT2D eigenvalue weighted by Crippen LogP contribution is 2.16. The Morgan fingerprint density at radius 2 is 2.09 bits per heavy atom. The normalized spacial score (nSPS) is 45.8. The third kappa shape index (κ3) is 1.88. The maximum atomic E-state index is 9.23. The summed E-state index contributed by atoms with van der Waals surface area (Å²) in [7, 11) is 0. The van der Waals surface area contributed by atoms with Crippen molar-refractivity contribution in [2.24, 2.45) is 5.73 Å². The van der Waals surface area contributed by atoms with E-state index in [0.717, 1.165) is 0 Å². The Kier molecular flexibility index (Phi) is 2.80. The zero-order valence-corrected chi connectivity index (χ0v) is 6.05. The van der Waals surface area contributed by atoms with Crippen LogP contribution in [0.1, 0.15) is 6.42 Å². The standard InChI is InChI=1S/C6H13NO4/c7-3-1-5(9)11-4(2-8)6(3)10/h3-6,8-10H,1-2,7H2. The van der Waals surface area contributed by atoms with Gasteiger partial charge in [-0.3, -0.25) is 0 Å². The summed E-state index contributed by atoms with van der Waals surface area (Å²) in [6.07, 6.45) is -2.40. The van der Waals surface area contributed by atoms with Crippen LogP contribution in [0.4, 0.5) is 0 Å². The van der Waals surface area contributed by atoms with Gasteiger partial charge in [-0.1, -0.05) is 0 Å². The molecule has 0 amide bonds. The molecule has 1 aliphatic heterocycles. The molecular formula is C6H13NO4. The van der Waals surface area contributed by atoms with Crippen LogP contribution in [0.2, 0.25) is 0 Å². The SMILES string of the molecule is NC1CC(O)OC(CO)C1O. The van der Waals surface area contributed by atoms with E-state index >= 15 is 0 Å². The summed E-state index contributed by atoms with van der Waals surface area (Å²) in [5.41, 5.74) is 5.43. The minimum Gasteiger partial charge on any atom is -0.394 e. The number of hydrogen-bond donors (Lipinski definition) is 4. The summed E-state index contributed by atoms with van der Waals surface area (Å²) >= 11 is 0. The summed E-state index contributed by atoms with van der Waals surface area (Å²) in [5, 5.41) is 26.9. The second-order valence-electron chi connectivity index (χ2n) is 2.70.